The fourth-order valence-corrected chi connectivity index (χ4v) is 2.46. The summed E-state index contributed by atoms with van der Waals surface area (Å²) in [5, 5.41) is 11.1. The zero-order valence-corrected chi connectivity index (χ0v) is 12.4. The highest BCUT2D eigenvalue weighted by Gasteiger charge is 2.37. The lowest BCUT2D eigenvalue weighted by Crippen LogP contribution is -2.07. The number of nitrogens with zero attached hydrogens (tertiary/aromatic N) is 2. The first-order valence-electron chi connectivity index (χ1n) is 6.20. The molecule has 0 spiro atoms. The van der Waals surface area contributed by atoms with E-state index < -0.39 is 28.5 Å². The van der Waals surface area contributed by atoms with E-state index in [-0.39, 0.29) is 10.7 Å². The monoisotopic (exact) mass is 363 g/mol. The normalized spacial score (nSPS) is 12.4. The van der Waals surface area contributed by atoms with Gasteiger partial charge in [-0.15, -0.1) is 11.3 Å². The maximum Gasteiger partial charge on any atom is 0.435 e. The molecule has 1 N–H and O–H groups in total. The van der Waals surface area contributed by atoms with Gasteiger partial charge in [0.25, 0.3) is 0 Å². The third-order valence-corrected chi connectivity index (χ3v) is 3.60. The molecule has 2 aromatic rings. The van der Waals surface area contributed by atoms with E-state index in [1.807, 2.05) is 0 Å². The molecule has 0 fully saturated rings. The van der Waals surface area contributed by atoms with Gasteiger partial charge < -0.3 is 5.32 Å². The van der Waals surface area contributed by atoms with Gasteiger partial charge in [0.1, 0.15) is 16.0 Å². The second kappa shape index (κ2) is 6.52. The van der Waals surface area contributed by atoms with Crippen LogP contribution in [0.5, 0.6) is 0 Å². The third-order valence-electron chi connectivity index (χ3n) is 2.68. The van der Waals surface area contributed by atoms with E-state index in [9.17, 15) is 26.3 Å². The SMILES string of the molecule is N#Cc1sc(/C=C/Nc2cccc(C(F)(F)F)c2)nc1C(F)(F)F. The van der Waals surface area contributed by atoms with Gasteiger partial charge in [-0.05, 0) is 24.3 Å². The molecule has 0 aliphatic carbocycles. The summed E-state index contributed by atoms with van der Waals surface area (Å²) in [5.74, 6) is 0. The van der Waals surface area contributed by atoms with Crippen molar-refractivity contribution in [1.29, 1.82) is 5.26 Å². The Morgan fingerprint density at radius 1 is 1.12 bits per heavy atom. The molecule has 0 amide bonds. The van der Waals surface area contributed by atoms with Crippen LogP contribution in [-0.2, 0) is 12.4 Å². The number of aromatic nitrogens is 1. The molecule has 3 nitrogen and oxygen atoms in total. The molecule has 0 aliphatic rings. The largest absolute Gasteiger partial charge is 0.435 e. The molecule has 0 unspecified atom stereocenters. The zero-order valence-electron chi connectivity index (χ0n) is 11.5. The van der Waals surface area contributed by atoms with Gasteiger partial charge in [-0.25, -0.2) is 4.98 Å². The first kappa shape index (κ1) is 17.8. The molecule has 2 rings (SSSR count). The van der Waals surface area contributed by atoms with Crippen LogP contribution in [0.15, 0.2) is 30.5 Å². The van der Waals surface area contributed by atoms with Crippen molar-refractivity contribution in [2.75, 3.05) is 5.32 Å². The van der Waals surface area contributed by atoms with Crippen molar-refractivity contribution >= 4 is 23.1 Å². The lowest BCUT2D eigenvalue weighted by atomic mass is 10.2. The molecule has 0 saturated carbocycles. The van der Waals surface area contributed by atoms with Crippen molar-refractivity contribution in [2.45, 2.75) is 12.4 Å². The maximum atomic E-state index is 12.6. The van der Waals surface area contributed by atoms with Crippen molar-refractivity contribution in [3.05, 3.63) is 51.6 Å². The summed E-state index contributed by atoms with van der Waals surface area (Å²) < 4.78 is 75.6. The molecule has 0 aliphatic heterocycles. The lowest BCUT2D eigenvalue weighted by molar-refractivity contribution is -0.141. The Balaban J connectivity index is 2.16. The van der Waals surface area contributed by atoms with E-state index in [4.69, 9.17) is 5.26 Å². The number of nitriles is 1. The van der Waals surface area contributed by atoms with E-state index in [2.05, 4.69) is 10.3 Å². The van der Waals surface area contributed by atoms with Crippen LogP contribution in [0.2, 0.25) is 0 Å². The van der Waals surface area contributed by atoms with Crippen molar-refractivity contribution in [3.8, 4) is 6.07 Å². The first-order valence-corrected chi connectivity index (χ1v) is 7.01. The lowest BCUT2D eigenvalue weighted by Gasteiger charge is -2.08. The average Bonchev–Trinajstić information content (AvgIpc) is 2.90. The highest BCUT2D eigenvalue weighted by atomic mass is 32.1. The van der Waals surface area contributed by atoms with Crippen molar-refractivity contribution in [2.24, 2.45) is 0 Å². The number of benzene rings is 1. The Kier molecular flexibility index (Phi) is 4.84. The van der Waals surface area contributed by atoms with Crippen LogP contribution >= 0.6 is 11.3 Å². The summed E-state index contributed by atoms with van der Waals surface area (Å²) >= 11 is 0.530. The predicted octanol–water partition coefficient (Wildman–Crippen LogP) is 5.14. The highest BCUT2D eigenvalue weighted by molar-refractivity contribution is 7.13. The smallest absolute Gasteiger partial charge is 0.362 e. The van der Waals surface area contributed by atoms with E-state index in [0.717, 1.165) is 24.4 Å². The molecule has 24 heavy (non-hydrogen) atoms. The van der Waals surface area contributed by atoms with Crippen LogP contribution in [0, 0.1) is 11.3 Å². The quantitative estimate of drug-likeness (QED) is 0.769. The van der Waals surface area contributed by atoms with Crippen LogP contribution < -0.4 is 5.32 Å². The van der Waals surface area contributed by atoms with Crippen LogP contribution in [0.1, 0.15) is 21.1 Å². The van der Waals surface area contributed by atoms with Gasteiger partial charge in [0.15, 0.2) is 5.69 Å². The minimum atomic E-state index is -4.75. The van der Waals surface area contributed by atoms with Crippen LogP contribution in [0.25, 0.3) is 6.08 Å². The summed E-state index contributed by atoms with van der Waals surface area (Å²) in [6.07, 6.45) is -6.96. The molecule has 1 aromatic heterocycles. The van der Waals surface area contributed by atoms with Gasteiger partial charge in [0, 0.05) is 11.9 Å². The predicted molar refractivity (Wildman–Crippen MR) is 75.9 cm³/mol. The summed E-state index contributed by atoms with van der Waals surface area (Å²) in [6, 6.07) is 5.72. The van der Waals surface area contributed by atoms with E-state index in [0.29, 0.717) is 11.3 Å². The number of hydrogen-bond donors (Lipinski definition) is 1. The number of nitrogens with one attached hydrogen (secondary N) is 1. The second-order valence-corrected chi connectivity index (χ2v) is 5.43. The van der Waals surface area contributed by atoms with Gasteiger partial charge in [-0.2, -0.15) is 31.6 Å². The van der Waals surface area contributed by atoms with E-state index >= 15 is 0 Å². The fourth-order valence-electron chi connectivity index (χ4n) is 1.67. The highest BCUT2D eigenvalue weighted by Crippen LogP contribution is 2.34. The summed E-state index contributed by atoms with van der Waals surface area (Å²) in [5.41, 5.74) is -2.04. The van der Waals surface area contributed by atoms with Crippen LogP contribution in [0.3, 0.4) is 0 Å². The average molecular weight is 363 g/mol. The molecule has 10 heteroatoms. The van der Waals surface area contributed by atoms with E-state index in [1.165, 1.54) is 18.2 Å². The minimum absolute atomic E-state index is 0.0987. The molecule has 1 heterocycles. The summed E-state index contributed by atoms with van der Waals surface area (Å²) in [4.78, 5) is 2.72. The maximum absolute atomic E-state index is 12.6. The van der Waals surface area contributed by atoms with Gasteiger partial charge >= 0.3 is 12.4 Å². The Bertz CT molecular complexity index is 798. The van der Waals surface area contributed by atoms with Crippen molar-refractivity contribution in [3.63, 3.8) is 0 Å². The molecule has 0 saturated heterocycles. The number of halogens is 6. The van der Waals surface area contributed by atoms with Crippen LogP contribution in [0.4, 0.5) is 32.0 Å². The molecule has 0 bridgehead atoms. The molecular formula is C14H7F6N3S. The Morgan fingerprint density at radius 2 is 1.83 bits per heavy atom. The number of rotatable bonds is 3. The third kappa shape index (κ3) is 4.26. The molecular weight excluding hydrogens is 356 g/mol. The molecule has 0 radical (unpaired) electrons. The van der Waals surface area contributed by atoms with Gasteiger partial charge in [0.2, 0.25) is 0 Å². The Hall–Kier alpha value is -2.54. The van der Waals surface area contributed by atoms with Crippen LogP contribution in [-0.4, -0.2) is 4.98 Å². The standard InChI is InChI=1S/C14H7F6N3S/c15-13(16,17)8-2-1-3-9(6-8)22-5-4-11-23-12(14(18,19)20)10(7-21)24-11/h1-6,22H/b5-4+. The number of hydrogen-bond acceptors (Lipinski definition) is 4. The number of anilines is 1. The minimum Gasteiger partial charge on any atom is -0.362 e. The summed E-state index contributed by atoms with van der Waals surface area (Å²) in [6.45, 7) is 0. The molecule has 1 aromatic carbocycles. The van der Waals surface area contributed by atoms with Gasteiger partial charge in [-0.1, -0.05) is 6.07 Å². The Morgan fingerprint density at radius 3 is 2.38 bits per heavy atom. The topological polar surface area (TPSA) is 48.7 Å². The van der Waals surface area contributed by atoms with Gasteiger partial charge in [-0.3, -0.25) is 0 Å². The Labute approximate surface area is 135 Å². The fraction of sp³-hybridized carbons (Fsp3) is 0.143. The van der Waals surface area contributed by atoms with E-state index in [1.54, 1.807) is 0 Å². The van der Waals surface area contributed by atoms with Crippen molar-refractivity contribution < 1.29 is 26.3 Å². The summed E-state index contributed by atoms with van der Waals surface area (Å²) in [7, 11) is 0. The number of thiazole rings is 1. The second-order valence-electron chi connectivity index (χ2n) is 4.40. The molecule has 126 valence electrons. The number of alkyl halides is 6. The van der Waals surface area contributed by atoms with Gasteiger partial charge in [0.05, 0.1) is 5.56 Å². The first-order chi connectivity index (χ1) is 11.1. The van der Waals surface area contributed by atoms with Crippen molar-refractivity contribution in [1.82, 2.24) is 4.98 Å². The molecule has 0 atom stereocenters. The zero-order chi connectivity index (χ0) is 18.0.